The monoisotopic (exact) mass is 465 g/mol. The van der Waals surface area contributed by atoms with Crippen molar-refractivity contribution in [3.05, 3.63) is 62.3 Å². The number of methoxy groups -OCH3 is 1. The quantitative estimate of drug-likeness (QED) is 0.497. The Balaban J connectivity index is 2.13. The minimum absolute atomic E-state index is 0.161. The maximum absolute atomic E-state index is 12.4. The van der Waals surface area contributed by atoms with Crippen LogP contribution >= 0.6 is 31.9 Å². The van der Waals surface area contributed by atoms with E-state index in [-0.39, 0.29) is 5.43 Å². The Morgan fingerprint density at radius 2 is 2.04 bits per heavy atom. The summed E-state index contributed by atoms with van der Waals surface area (Å²) in [5.74, 6) is 1.32. The molecule has 0 amide bonds. The minimum atomic E-state index is -0.161. The van der Waals surface area contributed by atoms with Gasteiger partial charge < -0.3 is 13.9 Å². The molecule has 3 rings (SSSR count). The van der Waals surface area contributed by atoms with E-state index >= 15 is 0 Å². The fraction of sp³-hybridized carbons (Fsp3) is 0.111. The molecule has 25 heavy (non-hydrogen) atoms. The van der Waals surface area contributed by atoms with E-state index in [0.29, 0.717) is 45.0 Å². The van der Waals surface area contributed by atoms with Gasteiger partial charge in [0.05, 0.1) is 23.2 Å². The highest BCUT2D eigenvalue weighted by Gasteiger charge is 2.14. The van der Waals surface area contributed by atoms with Crippen LogP contribution in [0.5, 0.6) is 11.5 Å². The van der Waals surface area contributed by atoms with E-state index < -0.39 is 0 Å². The smallest absolute Gasteiger partial charge is 0.193 e. The Bertz CT molecular complexity index is 1010. The Morgan fingerprint density at radius 1 is 1.24 bits per heavy atom. The van der Waals surface area contributed by atoms with Crippen molar-refractivity contribution in [2.24, 2.45) is 0 Å². The Labute approximate surface area is 160 Å². The maximum atomic E-state index is 12.4. The molecule has 0 spiro atoms. The predicted octanol–water partition coefficient (Wildman–Crippen LogP) is 4.95. The van der Waals surface area contributed by atoms with Crippen molar-refractivity contribution in [3.8, 4) is 23.0 Å². The van der Waals surface area contributed by atoms with Gasteiger partial charge in [-0.3, -0.25) is 4.79 Å². The molecule has 128 valence electrons. The van der Waals surface area contributed by atoms with Crippen LogP contribution in [-0.4, -0.2) is 18.7 Å². The van der Waals surface area contributed by atoms with Gasteiger partial charge in [0.1, 0.15) is 12.3 Å². The van der Waals surface area contributed by atoms with Gasteiger partial charge in [-0.15, -0.1) is 0 Å². The van der Waals surface area contributed by atoms with E-state index in [1.54, 1.807) is 18.2 Å². The van der Waals surface area contributed by atoms with Crippen LogP contribution in [0.1, 0.15) is 0 Å². The molecule has 0 unspecified atom stereocenters. The van der Waals surface area contributed by atoms with Crippen molar-refractivity contribution >= 4 is 42.8 Å². The van der Waals surface area contributed by atoms with Crippen LogP contribution in [0.2, 0.25) is 0 Å². The molecule has 0 bridgehead atoms. The van der Waals surface area contributed by atoms with Crippen LogP contribution in [0, 0.1) is 0 Å². The molecule has 2 aromatic heterocycles. The molecule has 0 atom stereocenters. The van der Waals surface area contributed by atoms with E-state index in [2.05, 4.69) is 43.4 Å². The molecule has 0 aliphatic rings. The first-order valence-electron chi connectivity index (χ1n) is 7.24. The molecule has 1 aromatic carbocycles. The summed E-state index contributed by atoms with van der Waals surface area (Å²) in [5.41, 5.74) is 0.765. The van der Waals surface area contributed by atoms with Gasteiger partial charge in [-0.05, 0) is 28.1 Å². The van der Waals surface area contributed by atoms with E-state index in [9.17, 15) is 4.79 Å². The van der Waals surface area contributed by atoms with Crippen LogP contribution in [0.25, 0.3) is 22.4 Å². The zero-order valence-corrected chi connectivity index (χ0v) is 16.4. The summed E-state index contributed by atoms with van der Waals surface area (Å²) in [6.45, 7) is 3.94. The molecule has 0 saturated heterocycles. The number of pyridine rings is 1. The molecule has 0 aliphatic carbocycles. The van der Waals surface area contributed by atoms with E-state index in [0.717, 1.165) is 4.47 Å². The summed E-state index contributed by atoms with van der Waals surface area (Å²) >= 11 is 6.79. The van der Waals surface area contributed by atoms with Gasteiger partial charge in [0.25, 0.3) is 0 Å². The van der Waals surface area contributed by atoms with Crippen molar-refractivity contribution in [3.63, 3.8) is 0 Å². The average Bonchev–Trinajstić information content (AvgIpc) is 2.60. The number of benzene rings is 1. The fourth-order valence-electron chi connectivity index (χ4n) is 2.29. The predicted molar refractivity (Wildman–Crippen MR) is 103 cm³/mol. The zero-order valence-electron chi connectivity index (χ0n) is 13.2. The summed E-state index contributed by atoms with van der Waals surface area (Å²) in [6, 6.07) is 6.60. The lowest BCUT2D eigenvalue weighted by atomic mass is 10.2. The van der Waals surface area contributed by atoms with Crippen LogP contribution < -0.4 is 14.9 Å². The lowest BCUT2D eigenvalue weighted by Crippen LogP contribution is -2.02. The van der Waals surface area contributed by atoms with Gasteiger partial charge in [0.15, 0.2) is 28.3 Å². The van der Waals surface area contributed by atoms with Crippen molar-refractivity contribution in [1.82, 2.24) is 4.98 Å². The van der Waals surface area contributed by atoms with Crippen LogP contribution in [0.3, 0.4) is 0 Å². The number of hydrogen-bond acceptors (Lipinski definition) is 5. The van der Waals surface area contributed by atoms with Gasteiger partial charge in [-0.1, -0.05) is 28.6 Å². The zero-order chi connectivity index (χ0) is 18.0. The number of ether oxygens (including phenoxy) is 2. The number of nitrogens with zero attached hydrogens (tertiary/aromatic N) is 1. The molecule has 0 N–H and O–H groups in total. The second-order valence-corrected chi connectivity index (χ2v) is 6.83. The SMILES string of the molecule is C=CCOc1cnc(-c2cc(=O)c3cc(Br)cc(Br)c3o2)cc1OC. The fourth-order valence-corrected chi connectivity index (χ4v) is 3.59. The first kappa shape index (κ1) is 17.7. The van der Waals surface area contributed by atoms with Gasteiger partial charge in [0.2, 0.25) is 0 Å². The van der Waals surface area contributed by atoms with E-state index in [4.69, 9.17) is 13.9 Å². The minimum Gasteiger partial charge on any atom is -0.493 e. The van der Waals surface area contributed by atoms with Gasteiger partial charge in [-0.25, -0.2) is 4.98 Å². The number of rotatable bonds is 5. The van der Waals surface area contributed by atoms with E-state index in [1.165, 1.54) is 19.4 Å². The molecule has 5 nitrogen and oxygen atoms in total. The molecule has 2 heterocycles. The third kappa shape index (κ3) is 3.62. The first-order chi connectivity index (χ1) is 12.0. The second kappa shape index (κ2) is 7.41. The molecule has 7 heteroatoms. The van der Waals surface area contributed by atoms with Crippen LogP contribution in [0.15, 0.2) is 61.3 Å². The maximum Gasteiger partial charge on any atom is 0.193 e. The highest BCUT2D eigenvalue weighted by Crippen LogP contribution is 2.33. The molecule has 0 radical (unpaired) electrons. The molecular weight excluding hydrogens is 454 g/mol. The highest BCUT2D eigenvalue weighted by molar-refractivity contribution is 9.11. The summed E-state index contributed by atoms with van der Waals surface area (Å²) in [4.78, 5) is 16.8. The Kier molecular flexibility index (Phi) is 5.24. The second-order valence-electron chi connectivity index (χ2n) is 5.06. The molecule has 0 fully saturated rings. The normalized spacial score (nSPS) is 10.7. The summed E-state index contributed by atoms with van der Waals surface area (Å²) in [5, 5.41) is 0.475. The van der Waals surface area contributed by atoms with Crippen molar-refractivity contribution < 1.29 is 13.9 Å². The summed E-state index contributed by atoms with van der Waals surface area (Å²) in [7, 11) is 1.53. The Morgan fingerprint density at radius 3 is 2.76 bits per heavy atom. The number of fused-ring (bicyclic) bond motifs is 1. The van der Waals surface area contributed by atoms with Crippen molar-refractivity contribution in [2.75, 3.05) is 13.7 Å². The summed E-state index contributed by atoms with van der Waals surface area (Å²) < 4.78 is 18.2. The molecule has 3 aromatic rings. The molecule has 0 aliphatic heterocycles. The van der Waals surface area contributed by atoms with Gasteiger partial charge in [0, 0.05) is 16.6 Å². The van der Waals surface area contributed by atoms with Crippen LogP contribution in [-0.2, 0) is 0 Å². The molecule has 0 saturated carbocycles. The lowest BCUT2D eigenvalue weighted by Gasteiger charge is -2.10. The largest absolute Gasteiger partial charge is 0.493 e. The third-order valence-corrected chi connectivity index (χ3v) is 4.46. The standard InChI is InChI=1S/C18H13Br2NO4/c1-3-4-24-17-9-21-13(7-16(17)23-2)15-8-14(22)11-5-10(19)6-12(20)18(11)25-15/h3,5-9H,1,4H2,2H3. The van der Waals surface area contributed by atoms with Crippen molar-refractivity contribution in [1.29, 1.82) is 0 Å². The Hall–Kier alpha value is -2.12. The molecular formula is C18H13Br2NO4. The van der Waals surface area contributed by atoms with Crippen LogP contribution in [0.4, 0.5) is 0 Å². The number of aromatic nitrogens is 1. The number of halogens is 2. The average molecular weight is 467 g/mol. The van der Waals surface area contributed by atoms with Crippen molar-refractivity contribution in [2.45, 2.75) is 0 Å². The highest BCUT2D eigenvalue weighted by atomic mass is 79.9. The lowest BCUT2D eigenvalue weighted by molar-refractivity contribution is 0.325. The van der Waals surface area contributed by atoms with Gasteiger partial charge in [-0.2, -0.15) is 0 Å². The topological polar surface area (TPSA) is 61.6 Å². The van der Waals surface area contributed by atoms with Gasteiger partial charge >= 0.3 is 0 Å². The van der Waals surface area contributed by atoms with E-state index in [1.807, 2.05) is 6.07 Å². The third-order valence-electron chi connectivity index (χ3n) is 3.41. The summed E-state index contributed by atoms with van der Waals surface area (Å²) in [6.07, 6.45) is 3.16. The first-order valence-corrected chi connectivity index (χ1v) is 8.83. The number of hydrogen-bond donors (Lipinski definition) is 0.